The van der Waals surface area contributed by atoms with Gasteiger partial charge in [0.1, 0.15) is 0 Å². The molecule has 0 aliphatic rings. The molecular formula is C11H17N3O. The number of carbonyl (C=O) groups excluding carboxylic acids is 1. The van der Waals surface area contributed by atoms with Gasteiger partial charge in [-0.3, -0.25) is 4.79 Å². The van der Waals surface area contributed by atoms with Gasteiger partial charge in [0, 0.05) is 19.3 Å². The summed E-state index contributed by atoms with van der Waals surface area (Å²) in [5.41, 5.74) is 12.1. The van der Waals surface area contributed by atoms with Crippen molar-refractivity contribution in [3.05, 3.63) is 29.8 Å². The molecule has 0 aromatic heterocycles. The van der Waals surface area contributed by atoms with Gasteiger partial charge in [-0.2, -0.15) is 0 Å². The lowest BCUT2D eigenvalue weighted by Gasteiger charge is -2.20. The van der Waals surface area contributed by atoms with Crippen LogP contribution in [0.25, 0.3) is 0 Å². The van der Waals surface area contributed by atoms with Gasteiger partial charge in [0.15, 0.2) is 0 Å². The van der Waals surface area contributed by atoms with E-state index in [0.29, 0.717) is 12.1 Å². The van der Waals surface area contributed by atoms with Crippen molar-refractivity contribution in [3.8, 4) is 0 Å². The molecule has 4 nitrogen and oxygen atoms in total. The summed E-state index contributed by atoms with van der Waals surface area (Å²) >= 11 is 0. The van der Waals surface area contributed by atoms with Gasteiger partial charge in [-0.1, -0.05) is 12.1 Å². The van der Waals surface area contributed by atoms with Crippen molar-refractivity contribution in [2.75, 3.05) is 25.0 Å². The van der Waals surface area contributed by atoms with Crippen LogP contribution in [-0.2, 0) is 0 Å². The molecule has 0 fully saturated rings. The molecule has 0 spiro atoms. The molecule has 0 saturated heterocycles. The summed E-state index contributed by atoms with van der Waals surface area (Å²) in [6.07, 6.45) is 0.892. The third kappa shape index (κ3) is 2.95. The minimum atomic E-state index is -0.398. The van der Waals surface area contributed by atoms with E-state index in [4.69, 9.17) is 11.5 Å². The van der Waals surface area contributed by atoms with E-state index in [-0.39, 0.29) is 0 Å². The number of anilines is 1. The Hall–Kier alpha value is -1.55. The summed E-state index contributed by atoms with van der Waals surface area (Å²) in [4.78, 5) is 13.2. The van der Waals surface area contributed by atoms with Crippen LogP contribution in [0.2, 0.25) is 0 Å². The molecule has 0 bridgehead atoms. The number of hydrogen-bond acceptors (Lipinski definition) is 3. The molecule has 0 saturated carbocycles. The molecule has 1 aromatic carbocycles. The Morgan fingerprint density at radius 2 is 2.07 bits per heavy atom. The Labute approximate surface area is 89.9 Å². The van der Waals surface area contributed by atoms with Crippen LogP contribution in [0.4, 0.5) is 5.69 Å². The van der Waals surface area contributed by atoms with Crippen LogP contribution >= 0.6 is 0 Å². The molecule has 4 heteroatoms. The normalized spacial score (nSPS) is 10.0. The number of primary amides is 1. The van der Waals surface area contributed by atoms with Gasteiger partial charge in [-0.05, 0) is 25.1 Å². The molecule has 0 unspecified atom stereocenters. The minimum Gasteiger partial charge on any atom is -0.374 e. The molecule has 1 amide bonds. The second-order valence-electron chi connectivity index (χ2n) is 3.45. The van der Waals surface area contributed by atoms with Crippen molar-refractivity contribution < 1.29 is 4.79 Å². The number of amides is 1. The number of hydrogen-bond donors (Lipinski definition) is 2. The van der Waals surface area contributed by atoms with Crippen molar-refractivity contribution in [1.29, 1.82) is 0 Å². The second kappa shape index (κ2) is 5.36. The molecule has 0 radical (unpaired) electrons. The highest BCUT2D eigenvalue weighted by Crippen LogP contribution is 2.18. The van der Waals surface area contributed by atoms with Gasteiger partial charge in [0.2, 0.25) is 0 Å². The fraction of sp³-hybridized carbons (Fsp3) is 0.364. The summed E-state index contributed by atoms with van der Waals surface area (Å²) < 4.78 is 0. The maximum absolute atomic E-state index is 11.2. The number of nitrogens with two attached hydrogens (primary N) is 2. The summed E-state index contributed by atoms with van der Waals surface area (Å²) in [7, 11) is 1.93. The average Bonchev–Trinajstić information content (AvgIpc) is 2.25. The van der Waals surface area contributed by atoms with Gasteiger partial charge in [0.05, 0.1) is 5.56 Å². The van der Waals surface area contributed by atoms with E-state index in [0.717, 1.165) is 18.7 Å². The number of rotatable bonds is 5. The Kier molecular flexibility index (Phi) is 4.12. The Morgan fingerprint density at radius 1 is 1.40 bits per heavy atom. The van der Waals surface area contributed by atoms with Crippen LogP contribution in [0.1, 0.15) is 16.8 Å². The first kappa shape index (κ1) is 11.5. The molecule has 1 rings (SSSR count). The van der Waals surface area contributed by atoms with E-state index in [9.17, 15) is 4.79 Å². The van der Waals surface area contributed by atoms with Crippen LogP contribution in [0.15, 0.2) is 24.3 Å². The average molecular weight is 207 g/mol. The zero-order valence-electron chi connectivity index (χ0n) is 8.94. The lowest BCUT2D eigenvalue weighted by atomic mass is 10.1. The molecular weight excluding hydrogens is 190 g/mol. The van der Waals surface area contributed by atoms with Crippen molar-refractivity contribution >= 4 is 11.6 Å². The lowest BCUT2D eigenvalue weighted by Crippen LogP contribution is -2.24. The first-order chi connectivity index (χ1) is 7.16. The second-order valence-corrected chi connectivity index (χ2v) is 3.45. The number of para-hydroxylation sites is 1. The molecule has 0 aliphatic heterocycles. The summed E-state index contributed by atoms with van der Waals surface area (Å²) in [6.45, 7) is 1.46. The number of nitrogens with zero attached hydrogens (tertiary/aromatic N) is 1. The highest BCUT2D eigenvalue weighted by atomic mass is 16.1. The third-order valence-corrected chi connectivity index (χ3v) is 2.28. The predicted molar refractivity (Wildman–Crippen MR) is 61.9 cm³/mol. The molecule has 82 valence electrons. The van der Waals surface area contributed by atoms with Crippen molar-refractivity contribution in [2.24, 2.45) is 11.5 Å². The zero-order valence-corrected chi connectivity index (χ0v) is 8.94. The summed E-state index contributed by atoms with van der Waals surface area (Å²) in [5.74, 6) is -0.398. The highest BCUT2D eigenvalue weighted by molar-refractivity contribution is 5.98. The van der Waals surface area contributed by atoms with Crippen molar-refractivity contribution in [2.45, 2.75) is 6.42 Å². The highest BCUT2D eigenvalue weighted by Gasteiger charge is 2.09. The van der Waals surface area contributed by atoms with E-state index in [2.05, 4.69) is 0 Å². The van der Waals surface area contributed by atoms with Gasteiger partial charge in [-0.25, -0.2) is 0 Å². The molecule has 1 aromatic rings. The van der Waals surface area contributed by atoms with Crippen LogP contribution in [0.5, 0.6) is 0 Å². The minimum absolute atomic E-state index is 0.398. The van der Waals surface area contributed by atoms with E-state index in [1.165, 1.54) is 0 Å². The van der Waals surface area contributed by atoms with Gasteiger partial charge in [0.25, 0.3) is 5.91 Å². The van der Waals surface area contributed by atoms with Crippen molar-refractivity contribution in [3.63, 3.8) is 0 Å². The standard InChI is InChI=1S/C11H17N3O/c1-14(8-4-7-12)10-6-3-2-5-9(10)11(13)15/h2-3,5-6H,4,7-8,12H2,1H3,(H2,13,15). The smallest absolute Gasteiger partial charge is 0.250 e. The summed E-state index contributed by atoms with van der Waals surface area (Å²) in [5, 5.41) is 0. The van der Waals surface area contributed by atoms with Gasteiger partial charge >= 0.3 is 0 Å². The van der Waals surface area contributed by atoms with Gasteiger partial charge < -0.3 is 16.4 Å². The third-order valence-electron chi connectivity index (χ3n) is 2.28. The number of benzene rings is 1. The molecule has 4 N–H and O–H groups in total. The maximum Gasteiger partial charge on any atom is 0.250 e. The molecule has 0 atom stereocenters. The van der Waals surface area contributed by atoms with Crippen LogP contribution in [0.3, 0.4) is 0 Å². The predicted octanol–water partition coefficient (Wildman–Crippen LogP) is 0.570. The van der Waals surface area contributed by atoms with Crippen LogP contribution in [0, 0.1) is 0 Å². The lowest BCUT2D eigenvalue weighted by molar-refractivity contribution is 0.100. The van der Waals surface area contributed by atoms with Gasteiger partial charge in [-0.15, -0.1) is 0 Å². The first-order valence-electron chi connectivity index (χ1n) is 4.97. The SMILES string of the molecule is CN(CCCN)c1ccccc1C(N)=O. The first-order valence-corrected chi connectivity index (χ1v) is 4.97. The van der Waals surface area contributed by atoms with E-state index in [1.54, 1.807) is 12.1 Å². The molecule has 15 heavy (non-hydrogen) atoms. The van der Waals surface area contributed by atoms with Crippen molar-refractivity contribution in [1.82, 2.24) is 0 Å². The molecule has 0 heterocycles. The van der Waals surface area contributed by atoms with Crippen LogP contribution in [-0.4, -0.2) is 26.0 Å². The summed E-state index contributed by atoms with van der Waals surface area (Å²) in [6, 6.07) is 7.31. The van der Waals surface area contributed by atoms with E-state index < -0.39 is 5.91 Å². The molecule has 0 aliphatic carbocycles. The topological polar surface area (TPSA) is 72.3 Å². The Morgan fingerprint density at radius 3 is 2.67 bits per heavy atom. The zero-order chi connectivity index (χ0) is 11.3. The number of carbonyl (C=O) groups is 1. The quantitative estimate of drug-likeness (QED) is 0.741. The fourth-order valence-corrected chi connectivity index (χ4v) is 1.46. The fourth-order valence-electron chi connectivity index (χ4n) is 1.46. The Balaban J connectivity index is 2.87. The van der Waals surface area contributed by atoms with Crippen LogP contribution < -0.4 is 16.4 Å². The van der Waals surface area contributed by atoms with E-state index in [1.807, 2.05) is 24.1 Å². The monoisotopic (exact) mass is 207 g/mol. The largest absolute Gasteiger partial charge is 0.374 e. The Bertz CT molecular complexity index is 338. The van der Waals surface area contributed by atoms with E-state index >= 15 is 0 Å². The maximum atomic E-state index is 11.2.